The molecule has 0 fully saturated rings. The predicted octanol–water partition coefficient (Wildman–Crippen LogP) is 1.82. The van der Waals surface area contributed by atoms with Crippen molar-refractivity contribution in [2.75, 3.05) is 19.6 Å². The van der Waals surface area contributed by atoms with Gasteiger partial charge in [-0.2, -0.15) is 0 Å². The standard InChI is InChI=1S/C16H22FN5/c1-2-19-16(21-9-11-22-10-8-18-13-22)20-7-6-14-4-3-5-15(17)12-14/h3-5,8,10,12-13H,2,6-7,9,11H2,1H3,(H2,19,20,21). The third-order valence-corrected chi connectivity index (χ3v) is 3.13. The average molecular weight is 303 g/mol. The normalized spacial score (nSPS) is 11.5. The number of hydrogen-bond donors (Lipinski definition) is 2. The molecule has 0 amide bonds. The lowest BCUT2D eigenvalue weighted by Gasteiger charge is -2.11. The minimum Gasteiger partial charge on any atom is -0.357 e. The minimum absolute atomic E-state index is 0.202. The van der Waals surface area contributed by atoms with E-state index < -0.39 is 0 Å². The minimum atomic E-state index is -0.202. The quantitative estimate of drug-likeness (QED) is 0.606. The van der Waals surface area contributed by atoms with E-state index in [2.05, 4.69) is 20.6 Å². The number of aliphatic imine (C=N–C) groups is 1. The van der Waals surface area contributed by atoms with E-state index in [9.17, 15) is 4.39 Å². The van der Waals surface area contributed by atoms with Gasteiger partial charge in [-0.25, -0.2) is 9.37 Å². The SMILES string of the molecule is CCNC(=NCCc1cccc(F)c1)NCCn1ccnc1. The molecule has 0 bridgehead atoms. The Bertz CT molecular complexity index is 580. The van der Waals surface area contributed by atoms with Gasteiger partial charge in [0.05, 0.1) is 6.33 Å². The highest BCUT2D eigenvalue weighted by atomic mass is 19.1. The first-order chi connectivity index (χ1) is 10.8. The molecule has 0 unspecified atom stereocenters. The molecule has 118 valence electrons. The summed E-state index contributed by atoms with van der Waals surface area (Å²) in [7, 11) is 0. The molecular formula is C16H22FN5. The van der Waals surface area contributed by atoms with Gasteiger partial charge in [0.15, 0.2) is 5.96 Å². The Morgan fingerprint density at radius 3 is 3.00 bits per heavy atom. The van der Waals surface area contributed by atoms with E-state index in [4.69, 9.17) is 0 Å². The smallest absolute Gasteiger partial charge is 0.191 e. The van der Waals surface area contributed by atoms with Crippen LogP contribution in [-0.4, -0.2) is 35.1 Å². The van der Waals surface area contributed by atoms with Crippen LogP contribution in [0, 0.1) is 5.82 Å². The second kappa shape index (κ2) is 8.81. The number of hydrogen-bond acceptors (Lipinski definition) is 2. The van der Waals surface area contributed by atoms with Gasteiger partial charge in [-0.3, -0.25) is 4.99 Å². The molecule has 0 saturated heterocycles. The van der Waals surface area contributed by atoms with Crippen LogP contribution in [0.1, 0.15) is 12.5 Å². The van der Waals surface area contributed by atoms with Crippen molar-refractivity contribution < 1.29 is 4.39 Å². The average Bonchev–Trinajstić information content (AvgIpc) is 3.01. The van der Waals surface area contributed by atoms with Crippen LogP contribution in [0.25, 0.3) is 0 Å². The number of imidazole rings is 1. The number of benzene rings is 1. The van der Waals surface area contributed by atoms with Gasteiger partial charge in [-0.1, -0.05) is 12.1 Å². The molecule has 1 aromatic carbocycles. The molecule has 0 aliphatic rings. The fourth-order valence-electron chi connectivity index (χ4n) is 2.05. The van der Waals surface area contributed by atoms with Gasteiger partial charge in [-0.15, -0.1) is 0 Å². The van der Waals surface area contributed by atoms with Crippen LogP contribution in [0.5, 0.6) is 0 Å². The summed E-state index contributed by atoms with van der Waals surface area (Å²) in [6.07, 6.45) is 6.19. The first-order valence-corrected chi connectivity index (χ1v) is 7.50. The van der Waals surface area contributed by atoms with Gasteiger partial charge in [0.1, 0.15) is 5.82 Å². The topological polar surface area (TPSA) is 54.2 Å². The fraction of sp³-hybridized carbons (Fsp3) is 0.375. The maximum Gasteiger partial charge on any atom is 0.191 e. The molecule has 1 aromatic heterocycles. The third kappa shape index (κ3) is 5.55. The lowest BCUT2D eigenvalue weighted by Crippen LogP contribution is -2.39. The number of rotatable bonds is 7. The van der Waals surface area contributed by atoms with E-state index in [1.54, 1.807) is 24.7 Å². The van der Waals surface area contributed by atoms with Crippen LogP contribution in [0.15, 0.2) is 48.0 Å². The summed E-state index contributed by atoms with van der Waals surface area (Å²) >= 11 is 0. The molecule has 2 rings (SSSR count). The number of aromatic nitrogens is 2. The number of nitrogens with zero attached hydrogens (tertiary/aromatic N) is 3. The monoisotopic (exact) mass is 303 g/mol. The van der Waals surface area contributed by atoms with Crippen molar-refractivity contribution in [2.24, 2.45) is 4.99 Å². The van der Waals surface area contributed by atoms with Crippen molar-refractivity contribution in [3.05, 3.63) is 54.4 Å². The third-order valence-electron chi connectivity index (χ3n) is 3.13. The molecule has 0 aliphatic heterocycles. The highest BCUT2D eigenvalue weighted by Crippen LogP contribution is 2.04. The second-order valence-electron chi connectivity index (χ2n) is 4.87. The molecule has 2 N–H and O–H groups in total. The summed E-state index contributed by atoms with van der Waals surface area (Å²) in [4.78, 5) is 8.51. The number of halogens is 1. The van der Waals surface area contributed by atoms with E-state index >= 15 is 0 Å². The first-order valence-electron chi connectivity index (χ1n) is 7.50. The Morgan fingerprint density at radius 2 is 2.27 bits per heavy atom. The second-order valence-corrected chi connectivity index (χ2v) is 4.87. The lowest BCUT2D eigenvalue weighted by atomic mass is 10.1. The summed E-state index contributed by atoms with van der Waals surface area (Å²) in [6, 6.07) is 6.64. The van der Waals surface area contributed by atoms with E-state index in [0.717, 1.165) is 37.6 Å². The molecule has 22 heavy (non-hydrogen) atoms. The van der Waals surface area contributed by atoms with Gasteiger partial charge >= 0.3 is 0 Å². The van der Waals surface area contributed by atoms with Gasteiger partial charge in [0.2, 0.25) is 0 Å². The van der Waals surface area contributed by atoms with Gasteiger partial charge in [0.25, 0.3) is 0 Å². The number of nitrogens with one attached hydrogen (secondary N) is 2. The Morgan fingerprint density at radius 1 is 1.36 bits per heavy atom. The summed E-state index contributed by atoms with van der Waals surface area (Å²) in [5, 5.41) is 6.47. The predicted molar refractivity (Wildman–Crippen MR) is 86.3 cm³/mol. The Hall–Kier alpha value is -2.37. The first kappa shape index (κ1) is 16.0. The van der Waals surface area contributed by atoms with Crippen LogP contribution in [0.2, 0.25) is 0 Å². The van der Waals surface area contributed by atoms with Crippen LogP contribution in [0.3, 0.4) is 0 Å². The van der Waals surface area contributed by atoms with Crippen molar-refractivity contribution in [2.45, 2.75) is 19.9 Å². The van der Waals surface area contributed by atoms with Crippen molar-refractivity contribution in [3.63, 3.8) is 0 Å². The molecule has 1 heterocycles. The molecule has 0 aliphatic carbocycles. The molecule has 0 spiro atoms. The van der Waals surface area contributed by atoms with Crippen LogP contribution in [0.4, 0.5) is 4.39 Å². The summed E-state index contributed by atoms with van der Waals surface area (Å²) in [5.41, 5.74) is 0.956. The molecule has 0 saturated carbocycles. The zero-order valence-corrected chi connectivity index (χ0v) is 12.8. The van der Waals surface area contributed by atoms with E-state index in [1.807, 2.05) is 23.8 Å². The zero-order chi connectivity index (χ0) is 15.6. The van der Waals surface area contributed by atoms with Gasteiger partial charge in [0, 0.05) is 38.6 Å². The summed E-state index contributed by atoms with van der Waals surface area (Å²) in [5.74, 6) is 0.575. The molecule has 2 aromatic rings. The Labute approximate surface area is 130 Å². The number of guanidine groups is 1. The van der Waals surface area contributed by atoms with Crippen molar-refractivity contribution in [3.8, 4) is 0 Å². The maximum absolute atomic E-state index is 13.1. The summed E-state index contributed by atoms with van der Waals surface area (Å²) < 4.78 is 15.1. The molecule has 0 atom stereocenters. The van der Waals surface area contributed by atoms with E-state index in [0.29, 0.717) is 6.54 Å². The van der Waals surface area contributed by atoms with Crippen LogP contribution >= 0.6 is 0 Å². The van der Waals surface area contributed by atoms with Gasteiger partial charge in [-0.05, 0) is 31.0 Å². The maximum atomic E-state index is 13.1. The highest BCUT2D eigenvalue weighted by molar-refractivity contribution is 5.79. The Kier molecular flexibility index (Phi) is 6.41. The van der Waals surface area contributed by atoms with Crippen molar-refractivity contribution in [1.82, 2.24) is 20.2 Å². The van der Waals surface area contributed by atoms with Gasteiger partial charge < -0.3 is 15.2 Å². The fourth-order valence-corrected chi connectivity index (χ4v) is 2.05. The van der Waals surface area contributed by atoms with Crippen molar-refractivity contribution >= 4 is 5.96 Å². The summed E-state index contributed by atoms with van der Waals surface area (Å²) in [6.45, 7) is 5.04. The largest absolute Gasteiger partial charge is 0.357 e. The Balaban J connectivity index is 1.78. The van der Waals surface area contributed by atoms with Crippen molar-refractivity contribution in [1.29, 1.82) is 0 Å². The molecule has 6 heteroatoms. The highest BCUT2D eigenvalue weighted by Gasteiger charge is 1.98. The van der Waals surface area contributed by atoms with E-state index in [1.165, 1.54) is 6.07 Å². The molecule has 0 radical (unpaired) electrons. The molecule has 5 nitrogen and oxygen atoms in total. The van der Waals surface area contributed by atoms with Crippen LogP contribution in [-0.2, 0) is 13.0 Å². The van der Waals surface area contributed by atoms with Crippen LogP contribution < -0.4 is 10.6 Å². The molecular weight excluding hydrogens is 281 g/mol. The zero-order valence-electron chi connectivity index (χ0n) is 12.8. The van der Waals surface area contributed by atoms with E-state index in [-0.39, 0.29) is 5.82 Å². The lowest BCUT2D eigenvalue weighted by molar-refractivity contribution is 0.625.